The number of nitrogens with zero attached hydrogens (tertiary/aromatic N) is 3. The van der Waals surface area contributed by atoms with Crippen molar-refractivity contribution in [1.29, 1.82) is 0 Å². The maximum atomic E-state index is 13.1. The van der Waals surface area contributed by atoms with Gasteiger partial charge in [-0.05, 0) is 36.8 Å². The Kier molecular flexibility index (Phi) is 4.23. The third-order valence-corrected chi connectivity index (χ3v) is 4.77. The molecule has 150 valence electrons. The van der Waals surface area contributed by atoms with E-state index in [4.69, 9.17) is 0 Å². The number of amides is 1. The first kappa shape index (κ1) is 19.1. The van der Waals surface area contributed by atoms with Crippen LogP contribution in [0.2, 0.25) is 0 Å². The monoisotopic (exact) mass is 403 g/mol. The largest absolute Gasteiger partial charge is 0.433 e. The van der Waals surface area contributed by atoms with Gasteiger partial charge >= 0.3 is 6.18 Å². The lowest BCUT2D eigenvalue weighted by molar-refractivity contribution is -0.141. The average molecular weight is 403 g/mol. The van der Waals surface area contributed by atoms with Crippen molar-refractivity contribution in [3.8, 4) is 11.1 Å². The number of alkyl halides is 3. The predicted molar refractivity (Wildman–Crippen MR) is 98.4 cm³/mol. The first-order chi connectivity index (χ1) is 13.5. The minimum atomic E-state index is -4.74. The Hall–Kier alpha value is -3.20. The molecule has 3 heterocycles. The molecule has 29 heavy (non-hydrogen) atoms. The molecule has 0 aliphatic carbocycles. The first-order valence-electron chi connectivity index (χ1n) is 8.77. The highest BCUT2D eigenvalue weighted by Gasteiger charge is 2.39. The summed E-state index contributed by atoms with van der Waals surface area (Å²) in [7, 11) is 0. The fourth-order valence-corrected chi connectivity index (χ4v) is 3.39. The molecule has 1 aromatic carbocycles. The summed E-state index contributed by atoms with van der Waals surface area (Å²) in [6, 6.07) is 9.85. The Morgan fingerprint density at radius 3 is 2.41 bits per heavy atom. The molecule has 1 saturated heterocycles. The van der Waals surface area contributed by atoms with Gasteiger partial charge in [0.2, 0.25) is 0 Å². The molecule has 4 rings (SSSR count). The molecule has 2 aromatic heterocycles. The Morgan fingerprint density at radius 2 is 1.83 bits per heavy atom. The van der Waals surface area contributed by atoms with E-state index >= 15 is 0 Å². The minimum absolute atomic E-state index is 0.120. The summed E-state index contributed by atoms with van der Waals surface area (Å²) in [6.07, 6.45) is -3.39. The van der Waals surface area contributed by atoms with E-state index in [1.165, 1.54) is 11.1 Å². The first-order valence-corrected chi connectivity index (χ1v) is 8.77. The summed E-state index contributed by atoms with van der Waals surface area (Å²) in [5.74, 6) is -0.241. The number of carbonyl (C=O) groups is 1. The molecule has 1 N–H and O–H groups in total. The van der Waals surface area contributed by atoms with Crippen LogP contribution in [0.5, 0.6) is 0 Å². The Labute approximate surface area is 162 Å². The van der Waals surface area contributed by atoms with Gasteiger partial charge in [0, 0.05) is 23.4 Å². The van der Waals surface area contributed by atoms with E-state index in [0.717, 1.165) is 4.40 Å². The SMILES string of the molecule is CC1(O)CN(C(=O)c2ccc(-c3cccn4c(=O)cc(C(F)(F)F)nc34)cc2)C1. The summed E-state index contributed by atoms with van der Waals surface area (Å²) in [5, 5.41) is 9.77. The quantitative estimate of drug-likeness (QED) is 0.714. The zero-order valence-electron chi connectivity index (χ0n) is 15.3. The number of rotatable bonds is 2. The van der Waals surface area contributed by atoms with E-state index in [1.54, 1.807) is 43.3 Å². The Morgan fingerprint density at radius 1 is 1.17 bits per heavy atom. The molecule has 1 aliphatic heterocycles. The van der Waals surface area contributed by atoms with Crippen LogP contribution >= 0.6 is 0 Å². The number of hydrogen-bond donors (Lipinski definition) is 1. The lowest BCUT2D eigenvalue weighted by Crippen LogP contribution is -2.61. The number of aliphatic hydroxyl groups is 1. The molecule has 0 unspecified atom stereocenters. The van der Waals surface area contributed by atoms with Crippen LogP contribution in [0.4, 0.5) is 13.2 Å². The smallest absolute Gasteiger partial charge is 0.386 e. The number of aromatic nitrogens is 2. The highest BCUT2D eigenvalue weighted by molar-refractivity contribution is 5.95. The van der Waals surface area contributed by atoms with Gasteiger partial charge in [-0.1, -0.05) is 12.1 Å². The molecule has 9 heteroatoms. The normalized spacial score (nSPS) is 16.0. The predicted octanol–water partition coefficient (Wildman–Crippen LogP) is 2.59. The van der Waals surface area contributed by atoms with Crippen LogP contribution in [0.15, 0.2) is 53.5 Å². The average Bonchev–Trinajstić information content (AvgIpc) is 2.64. The summed E-state index contributed by atoms with van der Waals surface area (Å²) in [4.78, 5) is 29.6. The van der Waals surface area contributed by atoms with E-state index in [-0.39, 0.29) is 24.6 Å². The van der Waals surface area contributed by atoms with Crippen LogP contribution in [-0.4, -0.2) is 44.0 Å². The van der Waals surface area contributed by atoms with E-state index in [9.17, 15) is 27.9 Å². The topological polar surface area (TPSA) is 74.9 Å². The molecule has 1 amide bonds. The molecule has 0 bridgehead atoms. The molecular formula is C20H16F3N3O3. The van der Waals surface area contributed by atoms with Gasteiger partial charge in [-0.3, -0.25) is 14.0 Å². The van der Waals surface area contributed by atoms with Gasteiger partial charge in [0.1, 0.15) is 5.65 Å². The van der Waals surface area contributed by atoms with Gasteiger partial charge in [-0.2, -0.15) is 13.2 Å². The molecule has 1 aliphatic rings. The van der Waals surface area contributed by atoms with Crippen molar-refractivity contribution in [2.45, 2.75) is 18.7 Å². The molecule has 1 fully saturated rings. The van der Waals surface area contributed by atoms with Crippen molar-refractivity contribution >= 4 is 11.6 Å². The van der Waals surface area contributed by atoms with Gasteiger partial charge in [0.25, 0.3) is 11.5 Å². The highest BCUT2D eigenvalue weighted by atomic mass is 19.4. The number of benzene rings is 1. The molecule has 3 aromatic rings. The summed E-state index contributed by atoms with van der Waals surface area (Å²) in [6.45, 7) is 2.12. The maximum absolute atomic E-state index is 13.1. The van der Waals surface area contributed by atoms with Crippen LogP contribution < -0.4 is 5.56 Å². The van der Waals surface area contributed by atoms with Crippen molar-refractivity contribution in [2.75, 3.05) is 13.1 Å². The van der Waals surface area contributed by atoms with Gasteiger partial charge in [-0.15, -0.1) is 0 Å². The lowest BCUT2D eigenvalue weighted by Gasteiger charge is -2.44. The van der Waals surface area contributed by atoms with E-state index in [1.807, 2.05) is 0 Å². The summed E-state index contributed by atoms with van der Waals surface area (Å²) >= 11 is 0. The standard InChI is InChI=1S/C20H16F3N3O3/c1-19(29)10-25(11-19)18(28)13-6-4-12(5-7-13)14-3-2-8-26-16(27)9-15(20(21,22)23)24-17(14)26/h2-9,29H,10-11H2,1H3. The van der Waals surface area contributed by atoms with Crippen molar-refractivity contribution in [3.05, 3.63) is 70.3 Å². The van der Waals surface area contributed by atoms with Crippen molar-refractivity contribution in [2.24, 2.45) is 0 Å². The zero-order chi connectivity index (χ0) is 21.0. The van der Waals surface area contributed by atoms with E-state index in [0.29, 0.717) is 22.8 Å². The van der Waals surface area contributed by atoms with Crippen molar-refractivity contribution in [3.63, 3.8) is 0 Å². The van der Waals surface area contributed by atoms with Crippen LogP contribution in [-0.2, 0) is 6.18 Å². The van der Waals surface area contributed by atoms with Crippen LogP contribution in [0.25, 0.3) is 16.8 Å². The molecule has 0 spiro atoms. The van der Waals surface area contributed by atoms with E-state index < -0.39 is 23.0 Å². The fourth-order valence-electron chi connectivity index (χ4n) is 3.39. The van der Waals surface area contributed by atoms with E-state index in [2.05, 4.69) is 4.98 Å². The summed E-state index contributed by atoms with van der Waals surface area (Å²) < 4.78 is 40.3. The maximum Gasteiger partial charge on any atom is 0.433 e. The van der Waals surface area contributed by atoms with Crippen molar-refractivity contribution in [1.82, 2.24) is 14.3 Å². The van der Waals surface area contributed by atoms with Crippen LogP contribution in [0.1, 0.15) is 23.0 Å². The molecule has 0 saturated carbocycles. The second-order valence-electron chi connectivity index (χ2n) is 7.33. The minimum Gasteiger partial charge on any atom is -0.386 e. The van der Waals surface area contributed by atoms with Crippen molar-refractivity contribution < 1.29 is 23.1 Å². The van der Waals surface area contributed by atoms with Gasteiger partial charge in [0.15, 0.2) is 5.69 Å². The lowest BCUT2D eigenvalue weighted by atomic mass is 9.95. The number of β-amino-alcohol motifs (C(OH)–C–C–N with tert-alkyl or cyclic N) is 1. The fraction of sp³-hybridized carbons (Fsp3) is 0.250. The van der Waals surface area contributed by atoms with Gasteiger partial charge in [-0.25, -0.2) is 4.98 Å². The second-order valence-corrected chi connectivity index (χ2v) is 7.33. The second kappa shape index (κ2) is 6.41. The molecule has 6 nitrogen and oxygen atoms in total. The number of fused-ring (bicyclic) bond motifs is 1. The van der Waals surface area contributed by atoms with Gasteiger partial charge in [0.05, 0.1) is 18.7 Å². The van der Waals surface area contributed by atoms with Crippen LogP contribution in [0.3, 0.4) is 0 Å². The third-order valence-electron chi connectivity index (χ3n) is 4.77. The number of likely N-dealkylation sites (tertiary alicyclic amines) is 1. The highest BCUT2D eigenvalue weighted by Crippen LogP contribution is 2.30. The summed E-state index contributed by atoms with van der Waals surface area (Å²) in [5.41, 5.74) is -1.85. The zero-order valence-corrected chi connectivity index (χ0v) is 15.3. The molecular weight excluding hydrogens is 387 g/mol. The number of pyridine rings is 1. The molecule has 0 radical (unpaired) electrons. The van der Waals surface area contributed by atoms with Gasteiger partial charge < -0.3 is 10.0 Å². The number of hydrogen-bond acceptors (Lipinski definition) is 4. The number of halogens is 3. The van der Waals surface area contributed by atoms with Crippen LogP contribution in [0, 0.1) is 0 Å². The third kappa shape index (κ3) is 3.49. The Bertz CT molecular complexity index is 1160. The molecule has 0 atom stereocenters. The Balaban J connectivity index is 1.72. The number of carbonyl (C=O) groups excluding carboxylic acids is 1.